The quantitative estimate of drug-likeness (QED) is 0.777. The van der Waals surface area contributed by atoms with E-state index >= 15 is 0 Å². The van der Waals surface area contributed by atoms with Gasteiger partial charge in [0.2, 0.25) is 0 Å². The molecule has 0 saturated carbocycles. The van der Waals surface area contributed by atoms with Crippen molar-refractivity contribution in [2.75, 3.05) is 0 Å². The van der Waals surface area contributed by atoms with Gasteiger partial charge < -0.3 is 5.32 Å². The number of nitrogens with zero attached hydrogens (tertiary/aromatic N) is 4. The number of rotatable bonds is 5. The average molecular weight is 337 g/mol. The standard InChI is InChI=1S/C19H23N5O/c1-13(2)16-12-18(23(4)22-16)19(25)21-14(3)15-8-5-6-9-17(15)24-11-7-10-20-24/h5-14H,1-4H3,(H,21,25)/t14-/m0/s1. The molecule has 0 bridgehead atoms. The summed E-state index contributed by atoms with van der Waals surface area (Å²) in [5, 5.41) is 11.8. The number of amides is 1. The summed E-state index contributed by atoms with van der Waals surface area (Å²) >= 11 is 0. The third-order valence-electron chi connectivity index (χ3n) is 4.22. The molecule has 3 aromatic rings. The predicted molar refractivity (Wildman–Crippen MR) is 96.7 cm³/mol. The van der Waals surface area contributed by atoms with Crippen molar-refractivity contribution in [3.8, 4) is 5.69 Å². The molecule has 1 amide bonds. The fourth-order valence-corrected chi connectivity index (χ4v) is 2.81. The summed E-state index contributed by atoms with van der Waals surface area (Å²) in [6.07, 6.45) is 3.63. The molecule has 0 aliphatic carbocycles. The number of hydrogen-bond donors (Lipinski definition) is 1. The predicted octanol–water partition coefficient (Wildman–Crippen LogP) is 3.22. The van der Waals surface area contributed by atoms with Gasteiger partial charge >= 0.3 is 0 Å². The van der Waals surface area contributed by atoms with Gasteiger partial charge in [-0.1, -0.05) is 32.0 Å². The molecule has 3 rings (SSSR count). The van der Waals surface area contributed by atoms with E-state index < -0.39 is 0 Å². The van der Waals surface area contributed by atoms with Crippen LogP contribution >= 0.6 is 0 Å². The number of nitrogens with one attached hydrogen (secondary N) is 1. The first-order valence-corrected chi connectivity index (χ1v) is 8.41. The van der Waals surface area contributed by atoms with Gasteiger partial charge in [-0.05, 0) is 36.6 Å². The summed E-state index contributed by atoms with van der Waals surface area (Å²) in [6.45, 7) is 6.10. The first-order chi connectivity index (χ1) is 12.0. The summed E-state index contributed by atoms with van der Waals surface area (Å²) in [5.74, 6) is 0.149. The molecule has 1 N–H and O–H groups in total. The van der Waals surface area contributed by atoms with Gasteiger partial charge in [0, 0.05) is 19.4 Å². The Kier molecular flexibility index (Phi) is 4.70. The Balaban J connectivity index is 1.84. The summed E-state index contributed by atoms with van der Waals surface area (Å²) in [5.41, 5.74) is 3.43. The Hall–Kier alpha value is -2.89. The molecule has 6 nitrogen and oxygen atoms in total. The number of para-hydroxylation sites is 1. The van der Waals surface area contributed by atoms with Crippen LogP contribution in [-0.2, 0) is 7.05 Å². The molecular weight excluding hydrogens is 314 g/mol. The van der Waals surface area contributed by atoms with Crippen molar-refractivity contribution in [2.45, 2.75) is 32.7 Å². The Morgan fingerprint density at radius 3 is 2.56 bits per heavy atom. The van der Waals surface area contributed by atoms with Crippen LogP contribution in [0.1, 0.15) is 54.5 Å². The van der Waals surface area contributed by atoms with Crippen LogP contribution in [0.4, 0.5) is 0 Å². The summed E-state index contributed by atoms with van der Waals surface area (Å²) in [4.78, 5) is 12.7. The number of aromatic nitrogens is 4. The molecule has 0 aliphatic rings. The van der Waals surface area contributed by atoms with E-state index in [0.717, 1.165) is 16.9 Å². The molecule has 1 aromatic carbocycles. The molecule has 130 valence electrons. The lowest BCUT2D eigenvalue weighted by Crippen LogP contribution is -2.29. The molecule has 0 aliphatic heterocycles. The Labute approximate surface area is 147 Å². The van der Waals surface area contributed by atoms with Gasteiger partial charge in [-0.15, -0.1) is 0 Å². The van der Waals surface area contributed by atoms with Gasteiger partial charge in [0.15, 0.2) is 0 Å². The van der Waals surface area contributed by atoms with Gasteiger partial charge in [-0.3, -0.25) is 9.48 Å². The number of aryl methyl sites for hydroxylation is 1. The highest BCUT2D eigenvalue weighted by Gasteiger charge is 2.19. The molecule has 0 spiro atoms. The minimum atomic E-state index is -0.162. The maximum Gasteiger partial charge on any atom is 0.270 e. The average Bonchev–Trinajstić information content (AvgIpc) is 3.24. The van der Waals surface area contributed by atoms with E-state index in [0.29, 0.717) is 5.69 Å². The van der Waals surface area contributed by atoms with E-state index in [1.807, 2.05) is 49.5 Å². The molecule has 2 heterocycles. The van der Waals surface area contributed by atoms with Crippen molar-refractivity contribution in [1.29, 1.82) is 0 Å². The number of carbonyl (C=O) groups excluding carboxylic acids is 1. The first-order valence-electron chi connectivity index (χ1n) is 8.41. The minimum absolute atomic E-state index is 0.135. The molecule has 25 heavy (non-hydrogen) atoms. The maximum atomic E-state index is 12.7. The molecular formula is C19H23N5O. The molecule has 0 saturated heterocycles. The van der Waals surface area contributed by atoms with Gasteiger partial charge in [0.1, 0.15) is 5.69 Å². The lowest BCUT2D eigenvalue weighted by Gasteiger charge is -2.18. The fraction of sp³-hybridized carbons (Fsp3) is 0.316. The van der Waals surface area contributed by atoms with E-state index in [2.05, 4.69) is 29.4 Å². The largest absolute Gasteiger partial charge is 0.344 e. The second kappa shape index (κ2) is 6.93. The van der Waals surface area contributed by atoms with E-state index in [9.17, 15) is 4.79 Å². The van der Waals surface area contributed by atoms with Crippen molar-refractivity contribution >= 4 is 5.91 Å². The third kappa shape index (κ3) is 3.47. The Bertz CT molecular complexity index is 864. The van der Waals surface area contributed by atoms with Crippen LogP contribution in [0.25, 0.3) is 5.69 Å². The minimum Gasteiger partial charge on any atom is -0.344 e. The van der Waals surface area contributed by atoms with Gasteiger partial charge in [-0.25, -0.2) is 4.68 Å². The molecule has 0 unspecified atom stereocenters. The number of carbonyl (C=O) groups is 1. The second-order valence-corrected chi connectivity index (χ2v) is 6.44. The SMILES string of the molecule is CC(C)c1cc(C(=O)N[C@@H](C)c2ccccc2-n2cccn2)n(C)n1. The van der Waals surface area contributed by atoms with Crippen LogP contribution in [-0.4, -0.2) is 25.5 Å². The Morgan fingerprint density at radius 2 is 1.92 bits per heavy atom. The summed E-state index contributed by atoms with van der Waals surface area (Å²) < 4.78 is 3.44. The highest BCUT2D eigenvalue weighted by atomic mass is 16.2. The zero-order valence-electron chi connectivity index (χ0n) is 15.0. The van der Waals surface area contributed by atoms with Crippen molar-refractivity contribution < 1.29 is 4.79 Å². The third-order valence-corrected chi connectivity index (χ3v) is 4.22. The van der Waals surface area contributed by atoms with Crippen LogP contribution in [0.5, 0.6) is 0 Å². The zero-order valence-corrected chi connectivity index (χ0v) is 15.0. The lowest BCUT2D eigenvalue weighted by molar-refractivity contribution is 0.0930. The maximum absolute atomic E-state index is 12.7. The van der Waals surface area contributed by atoms with E-state index in [-0.39, 0.29) is 17.9 Å². The molecule has 2 aromatic heterocycles. The molecule has 0 radical (unpaired) electrons. The van der Waals surface area contributed by atoms with Crippen LogP contribution in [0, 0.1) is 0 Å². The van der Waals surface area contributed by atoms with Crippen molar-refractivity contribution in [3.63, 3.8) is 0 Å². The first kappa shape index (κ1) is 17.0. The second-order valence-electron chi connectivity index (χ2n) is 6.44. The molecule has 6 heteroatoms. The number of benzene rings is 1. The van der Waals surface area contributed by atoms with Crippen molar-refractivity contribution in [3.05, 3.63) is 65.7 Å². The van der Waals surface area contributed by atoms with Gasteiger partial charge in [0.25, 0.3) is 5.91 Å². The van der Waals surface area contributed by atoms with Crippen molar-refractivity contribution in [2.24, 2.45) is 7.05 Å². The highest BCUT2D eigenvalue weighted by Crippen LogP contribution is 2.22. The summed E-state index contributed by atoms with van der Waals surface area (Å²) in [6, 6.07) is 11.5. The van der Waals surface area contributed by atoms with E-state index in [1.165, 1.54) is 0 Å². The topological polar surface area (TPSA) is 64.7 Å². The molecule has 1 atom stereocenters. The van der Waals surface area contributed by atoms with Crippen LogP contribution < -0.4 is 5.32 Å². The Morgan fingerprint density at radius 1 is 1.16 bits per heavy atom. The normalized spacial score (nSPS) is 12.4. The van der Waals surface area contributed by atoms with E-state index in [4.69, 9.17) is 0 Å². The van der Waals surface area contributed by atoms with E-state index in [1.54, 1.807) is 22.6 Å². The van der Waals surface area contributed by atoms with Gasteiger partial charge in [0.05, 0.1) is 17.4 Å². The fourth-order valence-electron chi connectivity index (χ4n) is 2.81. The smallest absolute Gasteiger partial charge is 0.270 e. The van der Waals surface area contributed by atoms with Gasteiger partial charge in [-0.2, -0.15) is 10.2 Å². The monoisotopic (exact) mass is 337 g/mol. The summed E-state index contributed by atoms with van der Waals surface area (Å²) in [7, 11) is 1.79. The van der Waals surface area contributed by atoms with Crippen LogP contribution in [0.3, 0.4) is 0 Å². The van der Waals surface area contributed by atoms with Crippen molar-refractivity contribution in [1.82, 2.24) is 24.9 Å². The van der Waals surface area contributed by atoms with Crippen LogP contribution in [0.15, 0.2) is 48.8 Å². The molecule has 0 fully saturated rings. The van der Waals surface area contributed by atoms with Crippen LogP contribution in [0.2, 0.25) is 0 Å². The zero-order chi connectivity index (χ0) is 18.0. The lowest BCUT2D eigenvalue weighted by atomic mass is 10.1. The number of hydrogen-bond acceptors (Lipinski definition) is 3. The highest BCUT2D eigenvalue weighted by molar-refractivity contribution is 5.93.